The van der Waals surface area contributed by atoms with Gasteiger partial charge in [0.05, 0.1) is 11.7 Å². The molecule has 5 heteroatoms. The second-order valence-electron chi connectivity index (χ2n) is 6.12. The van der Waals surface area contributed by atoms with Gasteiger partial charge < -0.3 is 14.7 Å². The van der Waals surface area contributed by atoms with Gasteiger partial charge >= 0.3 is 0 Å². The van der Waals surface area contributed by atoms with Crippen LogP contribution in [0.4, 0.5) is 0 Å². The molecule has 1 N–H and O–H groups in total. The first-order chi connectivity index (χ1) is 9.35. The van der Waals surface area contributed by atoms with E-state index in [0.717, 1.165) is 0 Å². The minimum Gasteiger partial charge on any atom is -0.472 e. The second-order valence-corrected chi connectivity index (χ2v) is 6.12. The topological polar surface area (TPSA) is 62.7 Å². The molecule has 0 aliphatic carbocycles. The number of amides is 1. The zero-order valence-electron chi connectivity index (χ0n) is 12.3. The van der Waals surface area contributed by atoms with Gasteiger partial charge in [0.1, 0.15) is 5.60 Å². The minimum atomic E-state index is -0.304. The monoisotopic (exact) mass is 278 g/mol. The molecule has 1 amide bonds. The highest BCUT2D eigenvalue weighted by molar-refractivity contribution is 5.94. The van der Waals surface area contributed by atoms with E-state index in [0.29, 0.717) is 37.4 Å². The van der Waals surface area contributed by atoms with Crippen molar-refractivity contribution in [2.45, 2.75) is 45.3 Å². The van der Waals surface area contributed by atoms with Crippen molar-refractivity contribution in [2.24, 2.45) is 0 Å². The van der Waals surface area contributed by atoms with Crippen LogP contribution < -0.4 is 4.74 Å². The summed E-state index contributed by atoms with van der Waals surface area (Å²) in [6, 6.07) is 3.46. The fraction of sp³-hybridized carbons (Fsp3) is 0.600. The molecule has 1 aliphatic heterocycles. The summed E-state index contributed by atoms with van der Waals surface area (Å²) in [6.07, 6.45) is 2.56. The Balaban J connectivity index is 2.00. The summed E-state index contributed by atoms with van der Waals surface area (Å²) in [4.78, 5) is 18.2. The van der Waals surface area contributed by atoms with Crippen LogP contribution in [0.25, 0.3) is 0 Å². The lowest BCUT2D eigenvalue weighted by atomic mass is 10.1. The molecule has 1 saturated heterocycles. The molecule has 0 radical (unpaired) electrons. The maximum atomic E-state index is 12.3. The molecule has 0 unspecified atom stereocenters. The molecule has 110 valence electrons. The molecule has 2 rings (SSSR count). The molecule has 20 heavy (non-hydrogen) atoms. The first-order valence-corrected chi connectivity index (χ1v) is 6.97. The Kier molecular flexibility index (Phi) is 4.28. The molecule has 0 atom stereocenters. The van der Waals surface area contributed by atoms with Crippen molar-refractivity contribution < 1.29 is 14.6 Å². The molecule has 0 bridgehead atoms. The average molecular weight is 278 g/mol. The number of pyridine rings is 1. The van der Waals surface area contributed by atoms with Crippen LogP contribution in [0.3, 0.4) is 0 Å². The van der Waals surface area contributed by atoms with E-state index in [1.165, 1.54) is 0 Å². The van der Waals surface area contributed by atoms with E-state index in [1.807, 2.05) is 20.8 Å². The molecule has 1 fully saturated rings. The van der Waals surface area contributed by atoms with Gasteiger partial charge in [-0.1, -0.05) is 0 Å². The van der Waals surface area contributed by atoms with Crippen molar-refractivity contribution in [2.75, 3.05) is 13.1 Å². The van der Waals surface area contributed by atoms with Crippen molar-refractivity contribution in [3.05, 3.63) is 23.9 Å². The van der Waals surface area contributed by atoms with Gasteiger partial charge in [0.2, 0.25) is 5.88 Å². The van der Waals surface area contributed by atoms with Crippen LogP contribution in [0, 0.1) is 0 Å². The number of rotatable bonds is 2. The summed E-state index contributed by atoms with van der Waals surface area (Å²) in [6.45, 7) is 7.05. The van der Waals surface area contributed by atoms with Crippen molar-refractivity contribution in [1.29, 1.82) is 0 Å². The Morgan fingerprint density at radius 3 is 2.50 bits per heavy atom. The number of aliphatic hydroxyl groups is 1. The Hall–Kier alpha value is -1.62. The maximum Gasteiger partial charge on any atom is 0.255 e. The highest BCUT2D eigenvalue weighted by Gasteiger charge is 2.22. The first kappa shape index (κ1) is 14.8. The molecular weight excluding hydrogens is 256 g/mol. The molecule has 0 aromatic carbocycles. The fourth-order valence-corrected chi connectivity index (χ4v) is 2.13. The maximum absolute atomic E-state index is 12.3. The van der Waals surface area contributed by atoms with Gasteiger partial charge in [-0.3, -0.25) is 4.79 Å². The predicted octanol–water partition coefficient (Wildman–Crippen LogP) is 1.86. The summed E-state index contributed by atoms with van der Waals surface area (Å²) in [5, 5.41) is 9.46. The van der Waals surface area contributed by atoms with Gasteiger partial charge in [0.25, 0.3) is 5.91 Å². The Morgan fingerprint density at radius 2 is 2.00 bits per heavy atom. The smallest absolute Gasteiger partial charge is 0.255 e. The van der Waals surface area contributed by atoms with E-state index < -0.39 is 0 Å². The zero-order chi connectivity index (χ0) is 14.8. The molecular formula is C15H22N2O3. The van der Waals surface area contributed by atoms with E-state index in [4.69, 9.17) is 4.74 Å². The Bertz CT molecular complexity index is 457. The number of likely N-dealkylation sites (tertiary alicyclic amines) is 1. The van der Waals surface area contributed by atoms with E-state index in [9.17, 15) is 9.90 Å². The molecule has 5 nitrogen and oxygen atoms in total. The van der Waals surface area contributed by atoms with Crippen LogP contribution in [-0.4, -0.2) is 45.7 Å². The molecule has 2 heterocycles. The number of piperidine rings is 1. The molecule has 1 aromatic rings. The molecule has 0 saturated carbocycles. The summed E-state index contributed by atoms with van der Waals surface area (Å²) >= 11 is 0. The Labute approximate surface area is 119 Å². The third-order valence-corrected chi connectivity index (χ3v) is 3.15. The lowest BCUT2D eigenvalue weighted by Gasteiger charge is -2.29. The SMILES string of the molecule is CC(C)(C)Oc1ccc(C(=O)N2CCC(O)CC2)cn1. The predicted molar refractivity (Wildman–Crippen MR) is 75.8 cm³/mol. The number of aromatic nitrogens is 1. The fourth-order valence-electron chi connectivity index (χ4n) is 2.13. The third kappa shape index (κ3) is 3.93. The summed E-state index contributed by atoms with van der Waals surface area (Å²) in [5.41, 5.74) is 0.254. The molecule has 0 spiro atoms. The number of nitrogens with zero attached hydrogens (tertiary/aromatic N) is 2. The highest BCUT2D eigenvalue weighted by Crippen LogP contribution is 2.17. The number of carbonyl (C=O) groups excluding carboxylic acids is 1. The minimum absolute atomic E-state index is 0.0355. The molecule has 1 aliphatic rings. The quantitative estimate of drug-likeness (QED) is 0.897. The van der Waals surface area contributed by atoms with Gasteiger partial charge in [-0.15, -0.1) is 0 Å². The van der Waals surface area contributed by atoms with Crippen LogP contribution >= 0.6 is 0 Å². The number of carbonyl (C=O) groups is 1. The van der Waals surface area contributed by atoms with E-state index in [-0.39, 0.29) is 17.6 Å². The number of hydrogen-bond donors (Lipinski definition) is 1. The summed E-state index contributed by atoms with van der Waals surface area (Å²) in [5.74, 6) is 0.481. The zero-order valence-corrected chi connectivity index (χ0v) is 12.3. The van der Waals surface area contributed by atoms with Gasteiger partial charge in [-0.2, -0.15) is 0 Å². The van der Waals surface area contributed by atoms with E-state index in [1.54, 1.807) is 23.2 Å². The van der Waals surface area contributed by atoms with Gasteiger partial charge in [-0.05, 0) is 39.7 Å². The van der Waals surface area contributed by atoms with Crippen LogP contribution in [0.15, 0.2) is 18.3 Å². The number of hydrogen-bond acceptors (Lipinski definition) is 4. The van der Waals surface area contributed by atoms with Crippen molar-refractivity contribution >= 4 is 5.91 Å². The van der Waals surface area contributed by atoms with Crippen molar-refractivity contribution in [3.8, 4) is 5.88 Å². The summed E-state index contributed by atoms with van der Waals surface area (Å²) in [7, 11) is 0. The second kappa shape index (κ2) is 5.79. The van der Waals surface area contributed by atoms with Gasteiger partial charge in [0, 0.05) is 25.4 Å². The van der Waals surface area contributed by atoms with Crippen LogP contribution in [0.5, 0.6) is 5.88 Å². The standard InChI is InChI=1S/C15H22N2O3/c1-15(2,3)20-13-5-4-11(10-16-13)14(19)17-8-6-12(18)7-9-17/h4-5,10,12,18H,6-9H2,1-3H3. The van der Waals surface area contributed by atoms with Crippen LogP contribution in [0.1, 0.15) is 44.0 Å². The first-order valence-electron chi connectivity index (χ1n) is 6.97. The number of ether oxygens (including phenoxy) is 1. The number of aliphatic hydroxyl groups excluding tert-OH is 1. The van der Waals surface area contributed by atoms with Crippen molar-refractivity contribution in [3.63, 3.8) is 0 Å². The van der Waals surface area contributed by atoms with Gasteiger partial charge in [-0.25, -0.2) is 4.98 Å². The molecule has 1 aromatic heterocycles. The van der Waals surface area contributed by atoms with Crippen LogP contribution in [-0.2, 0) is 0 Å². The largest absolute Gasteiger partial charge is 0.472 e. The van der Waals surface area contributed by atoms with E-state index >= 15 is 0 Å². The third-order valence-electron chi connectivity index (χ3n) is 3.15. The average Bonchev–Trinajstić information content (AvgIpc) is 2.38. The lowest BCUT2D eigenvalue weighted by Crippen LogP contribution is -2.40. The Morgan fingerprint density at radius 1 is 1.35 bits per heavy atom. The summed E-state index contributed by atoms with van der Waals surface area (Å²) < 4.78 is 5.63. The van der Waals surface area contributed by atoms with Gasteiger partial charge in [0.15, 0.2) is 0 Å². The highest BCUT2D eigenvalue weighted by atomic mass is 16.5. The van der Waals surface area contributed by atoms with E-state index in [2.05, 4.69) is 4.98 Å². The van der Waals surface area contributed by atoms with Crippen molar-refractivity contribution in [1.82, 2.24) is 9.88 Å². The normalized spacial score (nSPS) is 17.1. The van der Waals surface area contributed by atoms with Crippen LogP contribution in [0.2, 0.25) is 0 Å². The lowest BCUT2D eigenvalue weighted by molar-refractivity contribution is 0.0546.